The van der Waals surface area contributed by atoms with Crippen LogP contribution >= 0.6 is 0 Å². The number of pyridine rings is 1. The molecule has 7 heteroatoms. The van der Waals surface area contributed by atoms with Crippen LogP contribution in [0.4, 0.5) is 15.9 Å². The summed E-state index contributed by atoms with van der Waals surface area (Å²) in [5.41, 5.74) is 2.62. The van der Waals surface area contributed by atoms with Crippen molar-refractivity contribution < 1.29 is 14.0 Å². The Kier molecular flexibility index (Phi) is 5.38. The van der Waals surface area contributed by atoms with Crippen molar-refractivity contribution in [3.05, 3.63) is 95.6 Å². The number of aromatic nitrogens is 1. The number of anilines is 2. The summed E-state index contributed by atoms with van der Waals surface area (Å²) in [6.07, 6.45) is 1.76. The minimum Gasteiger partial charge on any atom is -0.363 e. The Labute approximate surface area is 191 Å². The molecule has 0 aliphatic carbocycles. The molecule has 0 radical (unpaired) electrons. The van der Waals surface area contributed by atoms with Gasteiger partial charge in [0.1, 0.15) is 17.3 Å². The fourth-order valence-electron chi connectivity index (χ4n) is 4.42. The molecule has 0 saturated carbocycles. The van der Waals surface area contributed by atoms with E-state index in [0.29, 0.717) is 48.7 Å². The molecule has 0 unspecified atom stereocenters. The van der Waals surface area contributed by atoms with Gasteiger partial charge in [0.2, 0.25) is 0 Å². The van der Waals surface area contributed by atoms with Crippen LogP contribution in [0.3, 0.4) is 0 Å². The number of imide groups is 1. The quantitative estimate of drug-likeness (QED) is 0.578. The standard InChI is InChI=1S/C26H23FN4O2/c1-18-6-2-3-7-21(18)31-25(32)23(19-9-11-20(27)12-10-19)24(26(31)33)30-16-14-29(15-17-30)22-8-4-5-13-28-22/h2-13H,14-17H2,1H3. The highest BCUT2D eigenvalue weighted by atomic mass is 19.1. The molecular formula is C26H23FN4O2. The van der Waals surface area contributed by atoms with Crippen LogP contribution in [0, 0.1) is 12.7 Å². The van der Waals surface area contributed by atoms with Crippen molar-refractivity contribution in [2.24, 2.45) is 0 Å². The fraction of sp³-hybridized carbons (Fsp3) is 0.192. The maximum Gasteiger partial charge on any atom is 0.282 e. The lowest BCUT2D eigenvalue weighted by Crippen LogP contribution is -2.48. The summed E-state index contributed by atoms with van der Waals surface area (Å²) in [5.74, 6) is -0.236. The monoisotopic (exact) mass is 442 g/mol. The number of para-hydroxylation sites is 1. The number of hydrogen-bond acceptors (Lipinski definition) is 5. The smallest absolute Gasteiger partial charge is 0.282 e. The van der Waals surface area contributed by atoms with E-state index in [-0.39, 0.29) is 11.8 Å². The summed E-state index contributed by atoms with van der Waals surface area (Å²) in [6.45, 7) is 4.34. The van der Waals surface area contributed by atoms with Crippen molar-refractivity contribution >= 4 is 28.9 Å². The third-order valence-corrected chi connectivity index (χ3v) is 6.12. The average molecular weight is 442 g/mol. The zero-order valence-electron chi connectivity index (χ0n) is 18.2. The minimum absolute atomic E-state index is 0.314. The molecule has 1 aromatic heterocycles. The van der Waals surface area contributed by atoms with Crippen LogP contribution in [0.15, 0.2) is 78.6 Å². The first kappa shape index (κ1) is 20.9. The normalized spacial score (nSPS) is 16.7. The van der Waals surface area contributed by atoms with E-state index in [1.54, 1.807) is 24.4 Å². The van der Waals surface area contributed by atoms with Gasteiger partial charge in [-0.15, -0.1) is 0 Å². The molecule has 0 atom stereocenters. The number of rotatable bonds is 4. The van der Waals surface area contributed by atoms with Gasteiger partial charge >= 0.3 is 0 Å². The van der Waals surface area contributed by atoms with Gasteiger partial charge < -0.3 is 9.80 Å². The molecule has 6 nitrogen and oxygen atoms in total. The van der Waals surface area contributed by atoms with Crippen molar-refractivity contribution in [3.63, 3.8) is 0 Å². The summed E-state index contributed by atoms with van der Waals surface area (Å²) in [6, 6.07) is 18.9. The van der Waals surface area contributed by atoms with E-state index < -0.39 is 5.82 Å². The van der Waals surface area contributed by atoms with E-state index in [0.717, 1.165) is 11.4 Å². The van der Waals surface area contributed by atoms with Crippen LogP contribution in [0.1, 0.15) is 11.1 Å². The molecule has 33 heavy (non-hydrogen) atoms. The number of benzene rings is 2. The number of carbonyl (C=O) groups excluding carboxylic acids is 2. The van der Waals surface area contributed by atoms with Crippen LogP contribution in [0.25, 0.3) is 5.57 Å². The van der Waals surface area contributed by atoms with Crippen molar-refractivity contribution in [1.82, 2.24) is 9.88 Å². The average Bonchev–Trinajstić information content (AvgIpc) is 3.10. The number of halogens is 1. The number of amides is 2. The lowest BCUT2D eigenvalue weighted by molar-refractivity contribution is -0.120. The van der Waals surface area contributed by atoms with Gasteiger partial charge in [-0.1, -0.05) is 36.4 Å². The molecule has 0 N–H and O–H groups in total. The van der Waals surface area contributed by atoms with Crippen LogP contribution in [-0.2, 0) is 9.59 Å². The highest BCUT2D eigenvalue weighted by Gasteiger charge is 2.43. The molecule has 2 aliphatic heterocycles. The van der Waals surface area contributed by atoms with Crippen molar-refractivity contribution in [1.29, 1.82) is 0 Å². The number of hydrogen-bond donors (Lipinski definition) is 0. The predicted octanol–water partition coefficient (Wildman–Crippen LogP) is 3.64. The number of aryl methyl sites for hydroxylation is 1. The Hall–Kier alpha value is -4.00. The largest absolute Gasteiger partial charge is 0.363 e. The van der Waals surface area contributed by atoms with Crippen LogP contribution in [-0.4, -0.2) is 47.9 Å². The van der Waals surface area contributed by atoms with E-state index in [4.69, 9.17) is 0 Å². The van der Waals surface area contributed by atoms with Gasteiger partial charge in [-0.2, -0.15) is 0 Å². The van der Waals surface area contributed by atoms with E-state index in [1.165, 1.54) is 17.0 Å². The van der Waals surface area contributed by atoms with E-state index in [9.17, 15) is 14.0 Å². The van der Waals surface area contributed by atoms with Gasteiger partial charge in [0, 0.05) is 32.4 Å². The highest BCUT2D eigenvalue weighted by molar-refractivity contribution is 6.45. The van der Waals surface area contributed by atoms with E-state index in [2.05, 4.69) is 9.88 Å². The first-order valence-corrected chi connectivity index (χ1v) is 10.9. The Morgan fingerprint density at radius 2 is 1.45 bits per heavy atom. The molecule has 166 valence electrons. The maximum atomic E-state index is 13.7. The summed E-state index contributed by atoms with van der Waals surface area (Å²) in [7, 11) is 0. The summed E-state index contributed by atoms with van der Waals surface area (Å²) >= 11 is 0. The van der Waals surface area contributed by atoms with Gasteiger partial charge in [0.25, 0.3) is 11.8 Å². The van der Waals surface area contributed by atoms with Gasteiger partial charge in [-0.3, -0.25) is 9.59 Å². The van der Waals surface area contributed by atoms with Crippen molar-refractivity contribution in [2.45, 2.75) is 6.92 Å². The SMILES string of the molecule is Cc1ccccc1N1C(=O)C(c2ccc(F)cc2)=C(N2CCN(c3ccccn3)CC2)C1=O. The number of carbonyl (C=O) groups is 2. The highest BCUT2D eigenvalue weighted by Crippen LogP contribution is 2.36. The molecule has 0 spiro atoms. The molecule has 3 aromatic rings. The van der Waals surface area contributed by atoms with Crippen LogP contribution in [0.2, 0.25) is 0 Å². The van der Waals surface area contributed by atoms with Gasteiger partial charge in [-0.05, 0) is 48.4 Å². The van der Waals surface area contributed by atoms with Gasteiger partial charge in [-0.25, -0.2) is 14.3 Å². The molecule has 0 bridgehead atoms. The lowest BCUT2D eigenvalue weighted by Gasteiger charge is -2.37. The van der Waals surface area contributed by atoms with Gasteiger partial charge in [0.05, 0.1) is 11.3 Å². The third kappa shape index (κ3) is 3.75. The van der Waals surface area contributed by atoms with Crippen LogP contribution in [0.5, 0.6) is 0 Å². The first-order chi connectivity index (χ1) is 16.0. The summed E-state index contributed by atoms with van der Waals surface area (Å²) in [5, 5.41) is 0. The van der Waals surface area contributed by atoms with Gasteiger partial charge in [0.15, 0.2) is 0 Å². The lowest BCUT2D eigenvalue weighted by atomic mass is 10.0. The van der Waals surface area contributed by atoms with Crippen molar-refractivity contribution in [3.8, 4) is 0 Å². The summed E-state index contributed by atoms with van der Waals surface area (Å²) in [4.78, 5) is 37.1. The Bertz CT molecular complexity index is 1230. The molecule has 1 saturated heterocycles. The second kappa shape index (κ2) is 8.50. The van der Waals surface area contributed by atoms with E-state index in [1.807, 2.05) is 48.2 Å². The second-order valence-corrected chi connectivity index (χ2v) is 8.12. The molecule has 2 aliphatic rings. The Morgan fingerprint density at radius 1 is 0.788 bits per heavy atom. The van der Waals surface area contributed by atoms with Crippen LogP contribution < -0.4 is 9.80 Å². The van der Waals surface area contributed by atoms with E-state index >= 15 is 0 Å². The predicted molar refractivity (Wildman–Crippen MR) is 125 cm³/mol. The topological polar surface area (TPSA) is 56.8 Å². The second-order valence-electron chi connectivity index (χ2n) is 8.12. The summed E-state index contributed by atoms with van der Waals surface area (Å²) < 4.78 is 13.6. The third-order valence-electron chi connectivity index (χ3n) is 6.12. The minimum atomic E-state index is -0.391. The molecule has 1 fully saturated rings. The Balaban J connectivity index is 1.52. The van der Waals surface area contributed by atoms with Crippen molar-refractivity contribution in [2.75, 3.05) is 36.0 Å². The Morgan fingerprint density at radius 3 is 2.12 bits per heavy atom. The molecular weight excluding hydrogens is 419 g/mol. The number of piperazine rings is 1. The number of nitrogens with zero attached hydrogens (tertiary/aromatic N) is 4. The molecule has 2 amide bonds. The molecule has 5 rings (SSSR count). The molecule has 2 aromatic carbocycles. The fourth-order valence-corrected chi connectivity index (χ4v) is 4.42. The zero-order valence-corrected chi connectivity index (χ0v) is 18.2. The first-order valence-electron chi connectivity index (χ1n) is 10.9. The molecule has 3 heterocycles. The maximum absolute atomic E-state index is 13.7. The zero-order chi connectivity index (χ0) is 22.9.